The number of aryl methyl sites for hydroxylation is 2. The van der Waals surface area contributed by atoms with Gasteiger partial charge in [0.15, 0.2) is 4.34 Å². The molecule has 2 aromatic carbocycles. The number of nitrogens with one attached hydrogen (secondary N) is 1. The lowest BCUT2D eigenvalue weighted by Crippen LogP contribution is -2.07. The number of carbonyl (C=O) groups excluding carboxylic acids is 1. The number of nitrogens with zero attached hydrogens (tertiary/aromatic N) is 2. The van der Waals surface area contributed by atoms with Gasteiger partial charge in [-0.2, -0.15) is 0 Å². The van der Waals surface area contributed by atoms with Gasteiger partial charge in [-0.05, 0) is 31.1 Å². The first kappa shape index (κ1) is 18.4. The second-order valence-electron chi connectivity index (χ2n) is 5.88. The number of aromatic nitrogens is 2. The Kier molecular flexibility index (Phi) is 6.20. The van der Waals surface area contributed by atoms with Crippen LogP contribution in [0.25, 0.3) is 6.08 Å². The van der Waals surface area contributed by atoms with E-state index in [4.69, 9.17) is 0 Å². The summed E-state index contributed by atoms with van der Waals surface area (Å²) in [7, 11) is 0. The van der Waals surface area contributed by atoms with E-state index in [1.54, 1.807) is 17.8 Å². The number of carbonyl (C=O) groups is 1. The van der Waals surface area contributed by atoms with E-state index >= 15 is 0 Å². The molecule has 1 amide bonds. The first-order valence-corrected chi connectivity index (χ1v) is 9.96. The highest BCUT2D eigenvalue weighted by Gasteiger charge is 2.07. The maximum Gasteiger partial charge on any atom is 0.250 e. The summed E-state index contributed by atoms with van der Waals surface area (Å²) in [6.45, 7) is 4.11. The largest absolute Gasteiger partial charge is 0.297 e. The first-order valence-electron chi connectivity index (χ1n) is 8.16. The van der Waals surface area contributed by atoms with Crippen LogP contribution in [0, 0.1) is 13.8 Å². The van der Waals surface area contributed by atoms with Crippen LogP contribution in [-0.2, 0) is 10.5 Å². The van der Waals surface area contributed by atoms with Gasteiger partial charge in [-0.15, -0.1) is 10.2 Å². The summed E-state index contributed by atoms with van der Waals surface area (Å²) in [5, 5.41) is 11.4. The van der Waals surface area contributed by atoms with Crippen molar-refractivity contribution < 1.29 is 4.79 Å². The van der Waals surface area contributed by atoms with Gasteiger partial charge >= 0.3 is 0 Å². The van der Waals surface area contributed by atoms with Crippen LogP contribution in [0.15, 0.2) is 58.9 Å². The Hall–Kier alpha value is -2.44. The van der Waals surface area contributed by atoms with Crippen molar-refractivity contribution in [3.8, 4) is 0 Å². The molecule has 0 aliphatic heterocycles. The average Bonchev–Trinajstić information content (AvgIpc) is 3.08. The van der Waals surface area contributed by atoms with E-state index in [0.717, 1.165) is 15.7 Å². The fraction of sp³-hybridized carbons (Fsp3) is 0.150. The van der Waals surface area contributed by atoms with Crippen molar-refractivity contribution in [2.24, 2.45) is 0 Å². The predicted octanol–water partition coefficient (Wildman–Crippen LogP) is 5.10. The average molecular weight is 382 g/mol. The molecule has 0 fully saturated rings. The van der Waals surface area contributed by atoms with Crippen LogP contribution >= 0.6 is 23.1 Å². The van der Waals surface area contributed by atoms with Crippen molar-refractivity contribution in [1.82, 2.24) is 10.2 Å². The summed E-state index contributed by atoms with van der Waals surface area (Å²) < 4.78 is 0.836. The lowest BCUT2D eigenvalue weighted by molar-refractivity contribution is -0.111. The maximum atomic E-state index is 12.0. The van der Waals surface area contributed by atoms with E-state index in [1.165, 1.54) is 34.1 Å². The number of benzene rings is 2. The van der Waals surface area contributed by atoms with Gasteiger partial charge < -0.3 is 0 Å². The summed E-state index contributed by atoms with van der Waals surface area (Å²) in [5.41, 5.74) is 4.66. The van der Waals surface area contributed by atoms with E-state index in [2.05, 4.69) is 46.7 Å². The summed E-state index contributed by atoms with van der Waals surface area (Å²) in [6, 6.07) is 16.4. The third-order valence-corrected chi connectivity index (χ3v) is 5.67. The molecule has 0 saturated carbocycles. The van der Waals surface area contributed by atoms with E-state index in [1.807, 2.05) is 31.2 Å². The third kappa shape index (κ3) is 5.54. The highest BCUT2D eigenvalue weighted by Crippen LogP contribution is 2.28. The Morgan fingerprint density at radius 2 is 1.69 bits per heavy atom. The highest BCUT2D eigenvalue weighted by molar-refractivity contribution is 8.00. The maximum absolute atomic E-state index is 12.0. The molecule has 0 atom stereocenters. The van der Waals surface area contributed by atoms with Crippen molar-refractivity contribution in [1.29, 1.82) is 0 Å². The van der Waals surface area contributed by atoms with Gasteiger partial charge in [0.25, 0.3) is 0 Å². The Labute approximate surface area is 161 Å². The van der Waals surface area contributed by atoms with E-state index < -0.39 is 0 Å². The number of rotatable bonds is 6. The van der Waals surface area contributed by atoms with Crippen molar-refractivity contribution in [2.75, 3.05) is 5.32 Å². The molecule has 3 aromatic rings. The lowest BCUT2D eigenvalue weighted by atomic mass is 10.1. The third-order valence-electron chi connectivity index (χ3n) is 3.62. The minimum atomic E-state index is -0.211. The molecule has 132 valence electrons. The van der Waals surface area contributed by atoms with Gasteiger partial charge in [0, 0.05) is 11.8 Å². The Bertz CT molecular complexity index is 900. The molecule has 1 heterocycles. The summed E-state index contributed by atoms with van der Waals surface area (Å²) in [6.07, 6.45) is 3.29. The zero-order valence-electron chi connectivity index (χ0n) is 14.6. The molecule has 0 radical (unpaired) electrons. The van der Waals surface area contributed by atoms with Crippen LogP contribution in [-0.4, -0.2) is 16.1 Å². The molecule has 0 unspecified atom stereocenters. The summed E-state index contributed by atoms with van der Waals surface area (Å²) in [4.78, 5) is 12.0. The number of hydrogen-bond donors (Lipinski definition) is 1. The van der Waals surface area contributed by atoms with Gasteiger partial charge in [0.05, 0.1) is 0 Å². The van der Waals surface area contributed by atoms with Crippen molar-refractivity contribution in [2.45, 2.75) is 23.9 Å². The minimum absolute atomic E-state index is 0.211. The molecule has 1 aromatic heterocycles. The van der Waals surface area contributed by atoms with Gasteiger partial charge in [-0.3, -0.25) is 10.1 Å². The topological polar surface area (TPSA) is 54.9 Å². The molecular formula is C20H19N3OS2. The molecule has 0 aliphatic carbocycles. The molecule has 26 heavy (non-hydrogen) atoms. The van der Waals surface area contributed by atoms with E-state index in [-0.39, 0.29) is 5.91 Å². The van der Waals surface area contributed by atoms with E-state index in [9.17, 15) is 4.79 Å². The normalized spacial score (nSPS) is 11.0. The van der Waals surface area contributed by atoms with Crippen LogP contribution in [0.1, 0.15) is 22.3 Å². The number of thioether (sulfide) groups is 1. The smallest absolute Gasteiger partial charge is 0.250 e. The van der Waals surface area contributed by atoms with Crippen LogP contribution in [0.2, 0.25) is 0 Å². The summed E-state index contributed by atoms with van der Waals surface area (Å²) in [5.74, 6) is 0.618. The van der Waals surface area contributed by atoms with Crippen LogP contribution in [0.3, 0.4) is 0 Å². The van der Waals surface area contributed by atoms with Gasteiger partial charge in [-0.25, -0.2) is 0 Å². The molecule has 1 N–H and O–H groups in total. The standard InChI is InChI=1S/C20H19N3OS2/c1-14-3-7-16(8-4-14)11-12-18(24)21-19-22-23-20(26-19)25-13-17-9-5-15(2)6-10-17/h3-12H,13H2,1-2H3,(H,21,22,24). The molecular weight excluding hydrogens is 362 g/mol. The Morgan fingerprint density at radius 3 is 2.38 bits per heavy atom. The number of amides is 1. The molecule has 0 saturated heterocycles. The second-order valence-corrected chi connectivity index (χ2v) is 8.08. The number of anilines is 1. The monoisotopic (exact) mass is 381 g/mol. The van der Waals surface area contributed by atoms with Crippen molar-refractivity contribution >= 4 is 40.2 Å². The fourth-order valence-corrected chi connectivity index (χ4v) is 3.86. The number of hydrogen-bond acceptors (Lipinski definition) is 5. The van der Waals surface area contributed by atoms with E-state index in [0.29, 0.717) is 5.13 Å². The zero-order valence-corrected chi connectivity index (χ0v) is 16.2. The fourth-order valence-electron chi connectivity index (χ4n) is 2.14. The Balaban J connectivity index is 1.51. The molecule has 0 spiro atoms. The van der Waals surface area contributed by atoms with Crippen LogP contribution in [0.4, 0.5) is 5.13 Å². The van der Waals surface area contributed by atoms with Gasteiger partial charge in [-0.1, -0.05) is 82.8 Å². The quantitative estimate of drug-likeness (QED) is 0.367. The molecule has 0 bridgehead atoms. The van der Waals surface area contributed by atoms with Gasteiger partial charge in [0.2, 0.25) is 11.0 Å². The Morgan fingerprint density at radius 1 is 1.04 bits per heavy atom. The SMILES string of the molecule is Cc1ccc(C=CC(=O)Nc2nnc(SCc3ccc(C)cc3)s2)cc1. The lowest BCUT2D eigenvalue weighted by Gasteiger charge is -1.99. The predicted molar refractivity (Wildman–Crippen MR) is 109 cm³/mol. The molecule has 3 rings (SSSR count). The molecule has 0 aliphatic rings. The van der Waals surface area contributed by atoms with Crippen molar-refractivity contribution in [3.05, 3.63) is 76.9 Å². The zero-order chi connectivity index (χ0) is 18.4. The molecule has 4 nitrogen and oxygen atoms in total. The van der Waals surface area contributed by atoms with Crippen LogP contribution < -0.4 is 5.32 Å². The summed E-state index contributed by atoms with van der Waals surface area (Å²) >= 11 is 3.00. The van der Waals surface area contributed by atoms with Gasteiger partial charge in [0.1, 0.15) is 0 Å². The second kappa shape index (κ2) is 8.78. The van der Waals surface area contributed by atoms with Crippen molar-refractivity contribution in [3.63, 3.8) is 0 Å². The first-order chi connectivity index (χ1) is 12.6. The highest BCUT2D eigenvalue weighted by atomic mass is 32.2. The minimum Gasteiger partial charge on any atom is -0.297 e. The molecule has 6 heteroatoms. The van der Waals surface area contributed by atoms with Crippen LogP contribution in [0.5, 0.6) is 0 Å².